The van der Waals surface area contributed by atoms with Gasteiger partial charge in [0.15, 0.2) is 0 Å². The molecule has 102 valence electrons. The van der Waals surface area contributed by atoms with Crippen LogP contribution in [0.5, 0.6) is 0 Å². The molecule has 1 nitrogen and oxygen atoms in total. The molecular weight excluding hydrogens is 228 g/mol. The van der Waals surface area contributed by atoms with Crippen molar-refractivity contribution in [1.82, 2.24) is 0 Å². The number of thiol groups is 1. The third-order valence-electron chi connectivity index (χ3n) is 4.10. The second kappa shape index (κ2) is 8.42. The van der Waals surface area contributed by atoms with Crippen molar-refractivity contribution in [2.24, 2.45) is 17.8 Å². The van der Waals surface area contributed by atoms with Gasteiger partial charge >= 0.3 is 0 Å². The Kier molecular flexibility index (Phi) is 7.61. The molecule has 0 bridgehead atoms. The fourth-order valence-electron chi connectivity index (χ4n) is 2.93. The molecular formula is C15H30OS. The zero-order chi connectivity index (χ0) is 12.7. The van der Waals surface area contributed by atoms with E-state index in [4.69, 9.17) is 4.74 Å². The van der Waals surface area contributed by atoms with E-state index in [9.17, 15) is 0 Å². The summed E-state index contributed by atoms with van der Waals surface area (Å²) in [6.07, 6.45) is 8.24. The van der Waals surface area contributed by atoms with E-state index in [0.717, 1.165) is 30.1 Å². The smallest absolute Gasteiger partial charge is 0.0608 e. The van der Waals surface area contributed by atoms with Crippen LogP contribution in [0, 0.1) is 17.8 Å². The number of unbranched alkanes of at least 4 members (excludes halogenated alkanes) is 2. The van der Waals surface area contributed by atoms with Crippen LogP contribution >= 0.6 is 12.6 Å². The third kappa shape index (κ3) is 5.65. The summed E-state index contributed by atoms with van der Waals surface area (Å²) in [6, 6.07) is 0. The summed E-state index contributed by atoms with van der Waals surface area (Å²) < 4.78 is 6.15. The van der Waals surface area contributed by atoms with E-state index in [1.165, 1.54) is 38.5 Å². The van der Waals surface area contributed by atoms with Gasteiger partial charge in [0.2, 0.25) is 0 Å². The number of hydrogen-bond donors (Lipinski definition) is 1. The molecule has 1 aliphatic carbocycles. The molecule has 0 amide bonds. The topological polar surface area (TPSA) is 9.23 Å². The van der Waals surface area contributed by atoms with Gasteiger partial charge in [0.05, 0.1) is 6.10 Å². The zero-order valence-electron chi connectivity index (χ0n) is 11.8. The van der Waals surface area contributed by atoms with Gasteiger partial charge in [0.1, 0.15) is 0 Å². The Morgan fingerprint density at radius 1 is 1.18 bits per heavy atom. The predicted molar refractivity (Wildman–Crippen MR) is 78.8 cm³/mol. The first-order valence-electron chi connectivity index (χ1n) is 7.37. The van der Waals surface area contributed by atoms with E-state index >= 15 is 0 Å². The van der Waals surface area contributed by atoms with Crippen LogP contribution in [0.1, 0.15) is 59.3 Å². The van der Waals surface area contributed by atoms with Crippen LogP contribution in [0.3, 0.4) is 0 Å². The lowest BCUT2D eigenvalue weighted by atomic mass is 9.75. The zero-order valence-corrected chi connectivity index (χ0v) is 12.7. The van der Waals surface area contributed by atoms with E-state index < -0.39 is 0 Å². The Labute approximate surface area is 113 Å². The number of rotatable bonds is 7. The Morgan fingerprint density at radius 2 is 1.94 bits per heavy atom. The van der Waals surface area contributed by atoms with Crippen LogP contribution in [-0.2, 0) is 4.74 Å². The summed E-state index contributed by atoms with van der Waals surface area (Å²) in [7, 11) is 0. The number of ether oxygens (including phenoxy) is 1. The minimum atomic E-state index is 0.523. The summed E-state index contributed by atoms with van der Waals surface area (Å²) in [5, 5.41) is 0. The molecule has 2 heteroatoms. The van der Waals surface area contributed by atoms with Gasteiger partial charge in [-0.3, -0.25) is 0 Å². The van der Waals surface area contributed by atoms with Crippen LogP contribution in [0.2, 0.25) is 0 Å². The van der Waals surface area contributed by atoms with Crippen LogP contribution in [0.15, 0.2) is 0 Å². The maximum absolute atomic E-state index is 6.15. The van der Waals surface area contributed by atoms with Crippen molar-refractivity contribution in [2.45, 2.75) is 65.4 Å². The summed E-state index contributed by atoms with van der Waals surface area (Å²) in [4.78, 5) is 0. The molecule has 0 aliphatic heterocycles. The Morgan fingerprint density at radius 3 is 2.59 bits per heavy atom. The predicted octanol–water partition coefficient (Wildman–Crippen LogP) is 4.56. The molecule has 0 aromatic heterocycles. The maximum Gasteiger partial charge on any atom is 0.0608 e. The molecule has 1 saturated carbocycles. The van der Waals surface area contributed by atoms with E-state index in [2.05, 4.69) is 33.4 Å². The van der Waals surface area contributed by atoms with Gasteiger partial charge in [-0.25, -0.2) is 0 Å². The lowest BCUT2D eigenvalue weighted by Crippen LogP contribution is -2.34. The molecule has 0 heterocycles. The highest BCUT2D eigenvalue weighted by atomic mass is 32.1. The van der Waals surface area contributed by atoms with Gasteiger partial charge in [-0.1, -0.05) is 33.6 Å². The highest BCUT2D eigenvalue weighted by Crippen LogP contribution is 2.35. The van der Waals surface area contributed by atoms with E-state index in [-0.39, 0.29) is 0 Å². The van der Waals surface area contributed by atoms with Crippen molar-refractivity contribution in [2.75, 3.05) is 12.4 Å². The van der Waals surface area contributed by atoms with Crippen molar-refractivity contribution in [3.63, 3.8) is 0 Å². The van der Waals surface area contributed by atoms with Crippen molar-refractivity contribution >= 4 is 12.6 Å². The van der Waals surface area contributed by atoms with Crippen molar-refractivity contribution < 1.29 is 4.74 Å². The van der Waals surface area contributed by atoms with Crippen molar-refractivity contribution in [1.29, 1.82) is 0 Å². The molecule has 1 fully saturated rings. The monoisotopic (exact) mass is 258 g/mol. The first kappa shape index (κ1) is 15.4. The molecule has 3 unspecified atom stereocenters. The minimum Gasteiger partial charge on any atom is -0.378 e. The largest absolute Gasteiger partial charge is 0.378 e. The average molecular weight is 258 g/mol. The van der Waals surface area contributed by atoms with Gasteiger partial charge in [-0.05, 0) is 49.2 Å². The van der Waals surface area contributed by atoms with Gasteiger partial charge in [0, 0.05) is 6.61 Å². The Balaban J connectivity index is 2.26. The normalized spacial score (nSPS) is 29.8. The molecule has 1 rings (SSSR count). The molecule has 0 aromatic carbocycles. The van der Waals surface area contributed by atoms with Crippen molar-refractivity contribution in [3.8, 4) is 0 Å². The third-order valence-corrected chi connectivity index (χ3v) is 4.41. The van der Waals surface area contributed by atoms with Crippen molar-refractivity contribution in [3.05, 3.63) is 0 Å². The first-order valence-corrected chi connectivity index (χ1v) is 8.00. The Hall–Kier alpha value is 0.310. The fourth-order valence-corrected chi connectivity index (χ4v) is 3.16. The second-order valence-corrected chi connectivity index (χ2v) is 6.47. The van der Waals surface area contributed by atoms with E-state index in [1.807, 2.05) is 0 Å². The summed E-state index contributed by atoms with van der Waals surface area (Å²) in [6.45, 7) is 8.01. The lowest BCUT2D eigenvalue weighted by Gasteiger charge is -2.37. The molecule has 0 N–H and O–H groups in total. The standard InChI is InChI=1S/C15H30OS/c1-12(2)14-8-7-13(3)11-15(14)16-9-5-4-6-10-17/h12-15,17H,4-11H2,1-3H3. The maximum atomic E-state index is 6.15. The lowest BCUT2D eigenvalue weighted by molar-refractivity contribution is -0.0393. The SMILES string of the molecule is CC1CCC(C(C)C)C(OCCCCCS)C1. The highest BCUT2D eigenvalue weighted by Gasteiger charge is 2.30. The van der Waals surface area contributed by atoms with Crippen LogP contribution in [0.4, 0.5) is 0 Å². The van der Waals surface area contributed by atoms with E-state index in [1.54, 1.807) is 0 Å². The minimum absolute atomic E-state index is 0.523. The van der Waals surface area contributed by atoms with E-state index in [0.29, 0.717) is 6.10 Å². The van der Waals surface area contributed by atoms with Gasteiger partial charge in [-0.2, -0.15) is 12.6 Å². The summed E-state index contributed by atoms with van der Waals surface area (Å²) >= 11 is 4.24. The van der Waals surface area contributed by atoms with Crippen LogP contribution in [0.25, 0.3) is 0 Å². The first-order chi connectivity index (χ1) is 8.15. The molecule has 1 aliphatic rings. The molecule has 3 atom stereocenters. The number of hydrogen-bond acceptors (Lipinski definition) is 2. The molecule has 0 radical (unpaired) electrons. The van der Waals surface area contributed by atoms with Crippen LogP contribution in [-0.4, -0.2) is 18.5 Å². The average Bonchev–Trinajstić information content (AvgIpc) is 2.28. The Bertz CT molecular complexity index is 193. The molecule has 0 spiro atoms. The fraction of sp³-hybridized carbons (Fsp3) is 1.00. The molecule has 0 aromatic rings. The molecule has 17 heavy (non-hydrogen) atoms. The van der Waals surface area contributed by atoms with Gasteiger partial charge in [0.25, 0.3) is 0 Å². The van der Waals surface area contributed by atoms with Crippen LogP contribution < -0.4 is 0 Å². The molecule has 0 saturated heterocycles. The van der Waals surface area contributed by atoms with Gasteiger partial charge < -0.3 is 4.74 Å². The second-order valence-electron chi connectivity index (χ2n) is 6.02. The highest BCUT2D eigenvalue weighted by molar-refractivity contribution is 7.80. The summed E-state index contributed by atoms with van der Waals surface area (Å²) in [5.74, 6) is 3.42. The van der Waals surface area contributed by atoms with Gasteiger partial charge in [-0.15, -0.1) is 0 Å². The summed E-state index contributed by atoms with van der Waals surface area (Å²) in [5.41, 5.74) is 0. The quantitative estimate of drug-likeness (QED) is 0.520.